The zero-order valence-electron chi connectivity index (χ0n) is 11.9. The number of rotatable bonds is 3. The molecular formula is C15H12ClF3N2O2. The molecule has 0 saturated carbocycles. The van der Waals surface area contributed by atoms with E-state index in [-0.39, 0.29) is 5.69 Å². The van der Waals surface area contributed by atoms with E-state index in [1.807, 2.05) is 0 Å². The van der Waals surface area contributed by atoms with Gasteiger partial charge < -0.3 is 15.4 Å². The molecule has 4 nitrogen and oxygen atoms in total. The molecule has 0 heterocycles. The molecule has 0 saturated heterocycles. The van der Waals surface area contributed by atoms with E-state index in [0.29, 0.717) is 16.5 Å². The zero-order chi connectivity index (χ0) is 17.0. The second-order valence-electron chi connectivity index (χ2n) is 4.50. The van der Waals surface area contributed by atoms with Crippen LogP contribution in [0.15, 0.2) is 42.5 Å². The molecule has 0 aliphatic rings. The quantitative estimate of drug-likeness (QED) is 0.822. The second kappa shape index (κ2) is 6.78. The zero-order valence-corrected chi connectivity index (χ0v) is 12.6. The standard InChI is InChI=1S/C15H12ClF3N2O2/c1-23-13-6-5-10(16)8-12(13)21-14(22)20-11-4-2-3-9(7-11)15(17,18)19/h2-8H,1H3,(H2,20,21,22). The molecule has 0 spiro atoms. The third-order valence-corrected chi connectivity index (χ3v) is 3.09. The molecule has 0 aliphatic carbocycles. The first kappa shape index (κ1) is 17.0. The minimum atomic E-state index is -4.48. The van der Waals surface area contributed by atoms with Crippen molar-refractivity contribution in [1.82, 2.24) is 0 Å². The molecule has 0 fully saturated rings. The molecule has 2 amide bonds. The molecule has 0 bridgehead atoms. The summed E-state index contributed by atoms with van der Waals surface area (Å²) in [4.78, 5) is 11.9. The monoisotopic (exact) mass is 344 g/mol. The highest BCUT2D eigenvalue weighted by Crippen LogP contribution is 2.31. The fourth-order valence-electron chi connectivity index (χ4n) is 1.84. The van der Waals surface area contributed by atoms with Gasteiger partial charge in [0.15, 0.2) is 0 Å². The van der Waals surface area contributed by atoms with Crippen molar-refractivity contribution in [3.63, 3.8) is 0 Å². The van der Waals surface area contributed by atoms with Gasteiger partial charge in [0, 0.05) is 10.7 Å². The fraction of sp³-hybridized carbons (Fsp3) is 0.133. The smallest absolute Gasteiger partial charge is 0.416 e. The van der Waals surface area contributed by atoms with Gasteiger partial charge in [0.05, 0.1) is 18.4 Å². The number of carbonyl (C=O) groups excluding carboxylic acids is 1. The Morgan fingerprint density at radius 1 is 1.13 bits per heavy atom. The summed E-state index contributed by atoms with van der Waals surface area (Å²) in [6.45, 7) is 0. The van der Waals surface area contributed by atoms with Crippen LogP contribution in [0, 0.1) is 0 Å². The van der Waals surface area contributed by atoms with Crippen LogP contribution < -0.4 is 15.4 Å². The molecule has 0 radical (unpaired) electrons. The molecule has 122 valence electrons. The van der Waals surface area contributed by atoms with E-state index in [9.17, 15) is 18.0 Å². The van der Waals surface area contributed by atoms with E-state index >= 15 is 0 Å². The number of carbonyl (C=O) groups is 1. The number of amides is 2. The summed E-state index contributed by atoms with van der Waals surface area (Å²) in [7, 11) is 1.42. The number of anilines is 2. The molecule has 2 aromatic carbocycles. The van der Waals surface area contributed by atoms with Crippen molar-refractivity contribution in [3.8, 4) is 5.75 Å². The summed E-state index contributed by atoms with van der Waals surface area (Å²) in [6, 6.07) is 8.20. The molecule has 23 heavy (non-hydrogen) atoms. The third-order valence-electron chi connectivity index (χ3n) is 2.86. The number of nitrogens with one attached hydrogen (secondary N) is 2. The summed E-state index contributed by atoms with van der Waals surface area (Å²) in [5.74, 6) is 0.369. The van der Waals surface area contributed by atoms with E-state index in [1.54, 1.807) is 12.1 Å². The Balaban J connectivity index is 2.13. The largest absolute Gasteiger partial charge is 0.495 e. The number of benzene rings is 2. The highest BCUT2D eigenvalue weighted by atomic mass is 35.5. The van der Waals surface area contributed by atoms with Crippen molar-refractivity contribution in [2.75, 3.05) is 17.7 Å². The molecule has 2 N–H and O–H groups in total. The summed E-state index contributed by atoms with van der Waals surface area (Å²) in [6.07, 6.45) is -4.48. The third kappa shape index (κ3) is 4.53. The van der Waals surface area contributed by atoms with Crippen LogP contribution in [0.1, 0.15) is 5.56 Å². The maximum atomic E-state index is 12.6. The highest BCUT2D eigenvalue weighted by Gasteiger charge is 2.30. The van der Waals surface area contributed by atoms with Crippen LogP contribution in [-0.2, 0) is 6.18 Å². The lowest BCUT2D eigenvalue weighted by Crippen LogP contribution is -2.20. The minimum Gasteiger partial charge on any atom is -0.495 e. The van der Waals surface area contributed by atoms with Gasteiger partial charge >= 0.3 is 12.2 Å². The Hall–Kier alpha value is -2.41. The van der Waals surface area contributed by atoms with Crippen molar-refractivity contribution in [2.45, 2.75) is 6.18 Å². The van der Waals surface area contributed by atoms with Gasteiger partial charge in [-0.05, 0) is 36.4 Å². The fourth-order valence-corrected chi connectivity index (χ4v) is 2.01. The van der Waals surface area contributed by atoms with Gasteiger partial charge in [0.2, 0.25) is 0 Å². The summed E-state index contributed by atoms with van der Waals surface area (Å²) >= 11 is 5.84. The molecule has 2 aromatic rings. The number of hydrogen-bond acceptors (Lipinski definition) is 2. The van der Waals surface area contributed by atoms with Crippen molar-refractivity contribution < 1.29 is 22.7 Å². The molecule has 0 atom stereocenters. The van der Waals surface area contributed by atoms with Crippen molar-refractivity contribution in [1.29, 1.82) is 0 Å². The number of hydrogen-bond donors (Lipinski definition) is 2. The first-order valence-electron chi connectivity index (χ1n) is 6.38. The average molecular weight is 345 g/mol. The highest BCUT2D eigenvalue weighted by molar-refractivity contribution is 6.31. The van der Waals surface area contributed by atoms with Crippen LogP contribution in [0.4, 0.5) is 29.3 Å². The summed E-state index contributed by atoms with van der Waals surface area (Å²) in [5, 5.41) is 5.17. The minimum absolute atomic E-state index is 0.0123. The lowest BCUT2D eigenvalue weighted by molar-refractivity contribution is -0.137. The Labute approximate surface area is 135 Å². The van der Waals surface area contributed by atoms with Crippen LogP contribution in [0.2, 0.25) is 5.02 Å². The maximum Gasteiger partial charge on any atom is 0.416 e. The van der Waals surface area contributed by atoms with Gasteiger partial charge in [-0.15, -0.1) is 0 Å². The Kier molecular flexibility index (Phi) is 5.00. The van der Waals surface area contributed by atoms with Gasteiger partial charge in [-0.2, -0.15) is 13.2 Å². The molecule has 8 heteroatoms. The molecule has 0 aliphatic heterocycles. The number of methoxy groups -OCH3 is 1. The van der Waals surface area contributed by atoms with Gasteiger partial charge in [0.25, 0.3) is 0 Å². The predicted molar refractivity (Wildman–Crippen MR) is 82.1 cm³/mol. The SMILES string of the molecule is COc1ccc(Cl)cc1NC(=O)Nc1cccc(C(F)(F)F)c1. The number of alkyl halides is 3. The Bertz CT molecular complexity index is 720. The molecule has 2 rings (SSSR count). The predicted octanol–water partition coefficient (Wildman–Crippen LogP) is 5.01. The number of urea groups is 1. The van der Waals surface area contributed by atoms with E-state index in [1.165, 1.54) is 25.3 Å². The van der Waals surface area contributed by atoms with Crippen LogP contribution in [0.5, 0.6) is 5.75 Å². The topological polar surface area (TPSA) is 50.4 Å². The van der Waals surface area contributed by atoms with Crippen LogP contribution >= 0.6 is 11.6 Å². The van der Waals surface area contributed by atoms with Gasteiger partial charge in [-0.25, -0.2) is 4.79 Å². The Morgan fingerprint density at radius 3 is 2.52 bits per heavy atom. The van der Waals surface area contributed by atoms with Crippen molar-refractivity contribution in [3.05, 3.63) is 53.1 Å². The number of halogens is 4. The van der Waals surface area contributed by atoms with Crippen molar-refractivity contribution >= 4 is 29.0 Å². The van der Waals surface area contributed by atoms with E-state index in [2.05, 4.69) is 10.6 Å². The average Bonchev–Trinajstić information content (AvgIpc) is 2.46. The first-order chi connectivity index (χ1) is 10.8. The summed E-state index contributed by atoms with van der Waals surface area (Å²) < 4.78 is 43.0. The Morgan fingerprint density at radius 2 is 1.87 bits per heavy atom. The van der Waals surface area contributed by atoms with Gasteiger partial charge in [-0.3, -0.25) is 0 Å². The molecule has 0 aromatic heterocycles. The van der Waals surface area contributed by atoms with Gasteiger partial charge in [-0.1, -0.05) is 17.7 Å². The number of ether oxygens (including phenoxy) is 1. The van der Waals surface area contributed by atoms with Crippen LogP contribution in [0.3, 0.4) is 0 Å². The lowest BCUT2D eigenvalue weighted by Gasteiger charge is -2.12. The normalized spacial score (nSPS) is 11.0. The van der Waals surface area contributed by atoms with E-state index in [0.717, 1.165) is 12.1 Å². The van der Waals surface area contributed by atoms with Gasteiger partial charge in [0.1, 0.15) is 5.75 Å². The molecule has 0 unspecified atom stereocenters. The maximum absolute atomic E-state index is 12.6. The van der Waals surface area contributed by atoms with Crippen LogP contribution in [0.25, 0.3) is 0 Å². The first-order valence-corrected chi connectivity index (χ1v) is 6.76. The second-order valence-corrected chi connectivity index (χ2v) is 4.94. The van der Waals surface area contributed by atoms with Crippen LogP contribution in [-0.4, -0.2) is 13.1 Å². The summed E-state index contributed by atoms with van der Waals surface area (Å²) in [5.41, 5.74) is -0.543. The molecular weight excluding hydrogens is 333 g/mol. The van der Waals surface area contributed by atoms with E-state index in [4.69, 9.17) is 16.3 Å². The van der Waals surface area contributed by atoms with Crippen molar-refractivity contribution in [2.24, 2.45) is 0 Å². The lowest BCUT2D eigenvalue weighted by atomic mass is 10.2. The van der Waals surface area contributed by atoms with E-state index < -0.39 is 17.8 Å².